The summed E-state index contributed by atoms with van der Waals surface area (Å²) >= 11 is 7.45. The van der Waals surface area contributed by atoms with Crippen molar-refractivity contribution in [1.29, 1.82) is 0 Å². The number of hydrogen-bond acceptors (Lipinski definition) is 2. The fourth-order valence-corrected chi connectivity index (χ4v) is 2.57. The second-order valence-electron chi connectivity index (χ2n) is 3.80. The Labute approximate surface area is 88.1 Å². The molecule has 72 valence electrons. The zero-order chi connectivity index (χ0) is 9.26. The summed E-state index contributed by atoms with van der Waals surface area (Å²) in [6.45, 7) is 3.28. The lowest BCUT2D eigenvalue weighted by Crippen LogP contribution is -2.41. The smallest absolute Gasteiger partial charge is 0.0931 e. The highest BCUT2D eigenvalue weighted by molar-refractivity contribution is 7.14. The Morgan fingerprint density at radius 1 is 1.62 bits per heavy atom. The van der Waals surface area contributed by atoms with Crippen molar-refractivity contribution in [2.45, 2.75) is 32.4 Å². The van der Waals surface area contributed by atoms with Crippen molar-refractivity contribution in [2.75, 3.05) is 0 Å². The third-order valence-corrected chi connectivity index (χ3v) is 3.95. The van der Waals surface area contributed by atoms with Gasteiger partial charge in [0.1, 0.15) is 0 Å². The van der Waals surface area contributed by atoms with Crippen LogP contribution in [-0.4, -0.2) is 6.04 Å². The van der Waals surface area contributed by atoms with Gasteiger partial charge >= 0.3 is 0 Å². The second-order valence-corrected chi connectivity index (χ2v) is 5.34. The Balaban J connectivity index is 1.79. The van der Waals surface area contributed by atoms with E-state index in [2.05, 4.69) is 17.6 Å². The van der Waals surface area contributed by atoms with Crippen LogP contribution in [0.1, 0.15) is 25.3 Å². The lowest BCUT2D eigenvalue weighted by Gasteiger charge is -2.34. The van der Waals surface area contributed by atoms with Crippen molar-refractivity contribution in [2.24, 2.45) is 5.92 Å². The van der Waals surface area contributed by atoms with E-state index in [-0.39, 0.29) is 0 Å². The molecule has 1 fully saturated rings. The molecule has 0 bridgehead atoms. The molecule has 1 aromatic heterocycles. The maximum absolute atomic E-state index is 5.84. The van der Waals surface area contributed by atoms with E-state index in [1.165, 1.54) is 18.4 Å². The van der Waals surface area contributed by atoms with Crippen LogP contribution in [0.4, 0.5) is 0 Å². The van der Waals surface area contributed by atoms with Gasteiger partial charge in [-0.15, -0.1) is 11.3 Å². The molecule has 13 heavy (non-hydrogen) atoms. The van der Waals surface area contributed by atoms with Crippen LogP contribution < -0.4 is 5.32 Å². The van der Waals surface area contributed by atoms with Crippen molar-refractivity contribution in [1.82, 2.24) is 5.32 Å². The summed E-state index contributed by atoms with van der Waals surface area (Å²) in [6.07, 6.45) is 2.71. The lowest BCUT2D eigenvalue weighted by molar-refractivity contribution is 0.228. The summed E-state index contributed by atoms with van der Waals surface area (Å²) in [6, 6.07) is 2.78. The minimum absolute atomic E-state index is 0.735. The molecular formula is C10H14ClNS. The van der Waals surface area contributed by atoms with Gasteiger partial charge < -0.3 is 5.32 Å². The first-order chi connectivity index (χ1) is 6.25. The van der Waals surface area contributed by atoms with Gasteiger partial charge in [-0.25, -0.2) is 0 Å². The Morgan fingerprint density at radius 2 is 2.46 bits per heavy atom. The average Bonchev–Trinajstić information content (AvgIpc) is 2.49. The number of hydrogen-bond donors (Lipinski definition) is 1. The molecule has 0 saturated heterocycles. The predicted molar refractivity (Wildman–Crippen MR) is 58.4 cm³/mol. The predicted octanol–water partition coefficient (Wildman–Crippen LogP) is 3.29. The van der Waals surface area contributed by atoms with Crippen LogP contribution in [-0.2, 0) is 6.54 Å². The van der Waals surface area contributed by atoms with Crippen molar-refractivity contribution in [3.05, 3.63) is 21.3 Å². The maximum atomic E-state index is 5.84. The topological polar surface area (TPSA) is 12.0 Å². The van der Waals surface area contributed by atoms with Crippen LogP contribution in [0.15, 0.2) is 11.4 Å². The standard InChI is InChI=1S/C10H14ClNS/c1-7-2-3-9(7)12-5-8-4-10(11)13-6-8/h4,6-7,9,12H,2-3,5H2,1H3. The van der Waals surface area contributed by atoms with E-state index in [1.807, 2.05) is 6.07 Å². The van der Waals surface area contributed by atoms with Gasteiger partial charge in [0.05, 0.1) is 4.34 Å². The van der Waals surface area contributed by atoms with Gasteiger partial charge in [-0.2, -0.15) is 0 Å². The molecule has 1 N–H and O–H groups in total. The van der Waals surface area contributed by atoms with Crippen LogP contribution in [0.2, 0.25) is 4.34 Å². The summed E-state index contributed by atoms with van der Waals surface area (Å²) in [5.74, 6) is 0.856. The minimum Gasteiger partial charge on any atom is -0.310 e. The fraction of sp³-hybridized carbons (Fsp3) is 0.600. The third-order valence-electron chi connectivity index (χ3n) is 2.81. The van der Waals surface area contributed by atoms with Crippen LogP contribution in [0.3, 0.4) is 0 Å². The Hall–Kier alpha value is -0.0500. The SMILES string of the molecule is CC1CCC1NCc1csc(Cl)c1. The quantitative estimate of drug-likeness (QED) is 0.816. The van der Waals surface area contributed by atoms with Crippen molar-refractivity contribution >= 4 is 22.9 Å². The van der Waals surface area contributed by atoms with Gasteiger partial charge in [-0.05, 0) is 35.8 Å². The third kappa shape index (κ3) is 2.25. The lowest BCUT2D eigenvalue weighted by atomic mass is 9.81. The summed E-state index contributed by atoms with van der Waals surface area (Å²) in [5, 5.41) is 5.67. The molecule has 2 rings (SSSR count). The van der Waals surface area contributed by atoms with Crippen molar-refractivity contribution < 1.29 is 0 Å². The first-order valence-electron chi connectivity index (χ1n) is 4.72. The minimum atomic E-state index is 0.735. The van der Waals surface area contributed by atoms with Crippen molar-refractivity contribution in [3.8, 4) is 0 Å². The van der Waals surface area contributed by atoms with Crippen LogP contribution in [0.5, 0.6) is 0 Å². The van der Waals surface area contributed by atoms with Gasteiger partial charge in [0, 0.05) is 12.6 Å². The largest absolute Gasteiger partial charge is 0.310 e. The Morgan fingerprint density at radius 3 is 2.92 bits per heavy atom. The molecule has 1 aliphatic carbocycles. The normalized spacial score (nSPS) is 27.2. The number of halogens is 1. The zero-order valence-electron chi connectivity index (χ0n) is 7.72. The molecule has 0 aromatic carbocycles. The molecule has 1 nitrogen and oxygen atoms in total. The summed E-state index contributed by atoms with van der Waals surface area (Å²) in [7, 11) is 0. The number of thiophene rings is 1. The average molecular weight is 216 g/mol. The molecule has 1 saturated carbocycles. The summed E-state index contributed by atoms with van der Waals surface area (Å²) in [4.78, 5) is 0. The molecule has 1 heterocycles. The molecule has 0 spiro atoms. The Kier molecular flexibility index (Phi) is 2.92. The highest BCUT2D eigenvalue weighted by Crippen LogP contribution is 2.27. The van der Waals surface area contributed by atoms with E-state index in [0.29, 0.717) is 0 Å². The van der Waals surface area contributed by atoms with Crippen LogP contribution in [0.25, 0.3) is 0 Å². The maximum Gasteiger partial charge on any atom is 0.0931 e. The molecule has 1 aromatic rings. The first-order valence-corrected chi connectivity index (χ1v) is 5.98. The number of rotatable bonds is 3. The molecule has 2 unspecified atom stereocenters. The molecule has 1 aliphatic rings. The molecule has 0 aliphatic heterocycles. The number of nitrogens with one attached hydrogen (secondary N) is 1. The van der Waals surface area contributed by atoms with E-state index in [1.54, 1.807) is 11.3 Å². The van der Waals surface area contributed by atoms with Gasteiger partial charge in [0.2, 0.25) is 0 Å². The summed E-state index contributed by atoms with van der Waals surface area (Å²) in [5.41, 5.74) is 1.31. The van der Waals surface area contributed by atoms with E-state index in [4.69, 9.17) is 11.6 Å². The van der Waals surface area contributed by atoms with E-state index in [9.17, 15) is 0 Å². The first kappa shape index (κ1) is 9.50. The van der Waals surface area contributed by atoms with Crippen LogP contribution in [0, 0.1) is 5.92 Å². The second kappa shape index (κ2) is 3.99. The van der Waals surface area contributed by atoms with Crippen LogP contribution >= 0.6 is 22.9 Å². The molecule has 2 atom stereocenters. The highest BCUT2D eigenvalue weighted by Gasteiger charge is 2.25. The van der Waals surface area contributed by atoms with E-state index in [0.717, 1.165) is 22.8 Å². The van der Waals surface area contributed by atoms with E-state index >= 15 is 0 Å². The Bertz CT molecular complexity index is 284. The van der Waals surface area contributed by atoms with Gasteiger partial charge in [0.15, 0.2) is 0 Å². The van der Waals surface area contributed by atoms with Gasteiger partial charge in [-0.3, -0.25) is 0 Å². The highest BCUT2D eigenvalue weighted by atomic mass is 35.5. The molecule has 0 radical (unpaired) electrons. The zero-order valence-corrected chi connectivity index (χ0v) is 9.29. The van der Waals surface area contributed by atoms with E-state index < -0.39 is 0 Å². The fourth-order valence-electron chi connectivity index (χ4n) is 1.66. The molecule has 0 amide bonds. The summed E-state index contributed by atoms with van der Waals surface area (Å²) < 4.78 is 0.887. The van der Waals surface area contributed by atoms with Crippen molar-refractivity contribution in [3.63, 3.8) is 0 Å². The monoisotopic (exact) mass is 215 g/mol. The molecule has 3 heteroatoms. The molecular weight excluding hydrogens is 202 g/mol. The van der Waals surface area contributed by atoms with Gasteiger partial charge in [0.25, 0.3) is 0 Å². The van der Waals surface area contributed by atoms with Gasteiger partial charge in [-0.1, -0.05) is 18.5 Å².